The quantitative estimate of drug-likeness (QED) is 0.398. The number of nitrogens with zero attached hydrogens (tertiary/aromatic N) is 2. The Balaban J connectivity index is 1.38. The first-order chi connectivity index (χ1) is 15.9. The molecule has 0 aliphatic carbocycles. The van der Waals surface area contributed by atoms with Gasteiger partial charge in [0.15, 0.2) is 11.5 Å². The van der Waals surface area contributed by atoms with Crippen molar-refractivity contribution in [2.24, 2.45) is 7.05 Å². The van der Waals surface area contributed by atoms with Crippen molar-refractivity contribution in [3.05, 3.63) is 88.7 Å². The van der Waals surface area contributed by atoms with Gasteiger partial charge in [0.1, 0.15) is 29.7 Å². The molecule has 0 spiro atoms. The van der Waals surface area contributed by atoms with Gasteiger partial charge in [0.25, 0.3) is 11.8 Å². The van der Waals surface area contributed by atoms with Gasteiger partial charge < -0.3 is 24.2 Å². The van der Waals surface area contributed by atoms with Gasteiger partial charge in [-0.2, -0.15) is 5.10 Å². The van der Waals surface area contributed by atoms with Crippen molar-refractivity contribution >= 4 is 29.1 Å². The maximum atomic E-state index is 13.1. The maximum absolute atomic E-state index is 13.1. The Kier molecular flexibility index (Phi) is 6.45. The minimum absolute atomic E-state index is 0.00426. The van der Waals surface area contributed by atoms with Crippen LogP contribution in [-0.2, 0) is 20.2 Å². The molecule has 0 atom stereocenters. The number of carbonyl (C=O) groups is 2. The van der Waals surface area contributed by atoms with Gasteiger partial charge >= 0.3 is 0 Å². The minimum atomic E-state index is -0.575. The number of halogens is 2. The van der Waals surface area contributed by atoms with Crippen molar-refractivity contribution in [2.75, 3.05) is 5.32 Å². The summed E-state index contributed by atoms with van der Waals surface area (Å²) in [7, 11) is 1.63. The third-order valence-corrected chi connectivity index (χ3v) is 4.74. The average molecular weight is 473 g/mol. The molecular formula is C22H18ClFN4O5. The normalized spacial score (nSPS) is 10.8. The largest absolute Gasteiger partial charge is 0.484 e. The molecule has 0 radical (unpaired) electrons. The fourth-order valence-electron chi connectivity index (χ4n) is 2.91. The van der Waals surface area contributed by atoms with Crippen LogP contribution >= 0.6 is 11.6 Å². The molecule has 0 aliphatic heterocycles. The summed E-state index contributed by atoms with van der Waals surface area (Å²) >= 11 is 5.93. The van der Waals surface area contributed by atoms with E-state index in [2.05, 4.69) is 15.7 Å². The Bertz CT molecular complexity index is 1280. The second-order valence-corrected chi connectivity index (χ2v) is 7.32. The number of hydrogen-bond acceptors (Lipinski definition) is 6. The van der Waals surface area contributed by atoms with E-state index in [-0.39, 0.29) is 41.1 Å². The van der Waals surface area contributed by atoms with Crippen molar-refractivity contribution in [3.63, 3.8) is 0 Å². The van der Waals surface area contributed by atoms with E-state index in [0.29, 0.717) is 11.5 Å². The highest BCUT2D eigenvalue weighted by Gasteiger charge is 2.20. The molecule has 2 amide bonds. The van der Waals surface area contributed by atoms with Gasteiger partial charge in [-0.15, -0.1) is 0 Å². The zero-order chi connectivity index (χ0) is 23.4. The highest BCUT2D eigenvalue weighted by Crippen LogP contribution is 2.26. The minimum Gasteiger partial charge on any atom is -0.484 e. The SMILES string of the molecule is Cn1cc(NC(=O)c2ccc(COc3ccc(F)cc3Cl)o2)c(C(=O)NCc2ccco2)n1. The molecule has 0 aliphatic rings. The molecule has 2 N–H and O–H groups in total. The molecule has 0 unspecified atom stereocenters. The van der Waals surface area contributed by atoms with Crippen LogP contribution in [0.1, 0.15) is 32.6 Å². The second kappa shape index (κ2) is 9.61. The van der Waals surface area contributed by atoms with E-state index < -0.39 is 17.6 Å². The molecule has 4 aromatic rings. The Morgan fingerprint density at radius 3 is 2.79 bits per heavy atom. The van der Waals surface area contributed by atoms with Crippen molar-refractivity contribution in [2.45, 2.75) is 13.2 Å². The summed E-state index contributed by atoms with van der Waals surface area (Å²) in [4.78, 5) is 25.1. The molecule has 11 heteroatoms. The Hall–Kier alpha value is -4.05. The molecule has 1 aromatic carbocycles. The number of ether oxygens (including phenoxy) is 1. The van der Waals surface area contributed by atoms with E-state index in [9.17, 15) is 14.0 Å². The number of nitrogens with one attached hydrogen (secondary N) is 2. The number of aromatic nitrogens is 2. The van der Waals surface area contributed by atoms with E-state index in [4.69, 9.17) is 25.2 Å². The van der Waals surface area contributed by atoms with Gasteiger partial charge in [-0.25, -0.2) is 4.39 Å². The zero-order valence-corrected chi connectivity index (χ0v) is 18.1. The molecule has 0 bridgehead atoms. The van der Waals surface area contributed by atoms with Crippen molar-refractivity contribution in [1.29, 1.82) is 0 Å². The predicted octanol–water partition coefficient (Wildman–Crippen LogP) is 4.16. The first-order valence-corrected chi connectivity index (χ1v) is 10.1. The smallest absolute Gasteiger partial charge is 0.291 e. The molecule has 0 saturated heterocycles. The molecule has 3 heterocycles. The fraction of sp³-hybridized carbons (Fsp3) is 0.136. The molecule has 0 fully saturated rings. The number of carbonyl (C=O) groups excluding carboxylic acids is 2. The standard InChI is InChI=1S/C22H18ClFN4O5/c1-28-11-17(20(27-28)22(30)25-10-14-3-2-8-31-14)26-21(29)19-7-5-15(33-19)12-32-18-6-4-13(24)9-16(18)23/h2-9,11H,10,12H2,1H3,(H,25,30)(H,26,29). The summed E-state index contributed by atoms with van der Waals surface area (Å²) < 4.78 is 30.7. The number of furan rings is 2. The number of aryl methyl sites for hydroxylation is 1. The lowest BCUT2D eigenvalue weighted by atomic mass is 10.3. The number of benzene rings is 1. The fourth-order valence-corrected chi connectivity index (χ4v) is 3.14. The summed E-state index contributed by atoms with van der Waals surface area (Å²) in [6, 6.07) is 10.2. The van der Waals surface area contributed by atoms with E-state index in [0.717, 1.165) is 6.07 Å². The first kappa shape index (κ1) is 22.2. The van der Waals surface area contributed by atoms with Crippen LogP contribution in [0.5, 0.6) is 5.75 Å². The topological polar surface area (TPSA) is 112 Å². The Labute approximate surface area is 192 Å². The van der Waals surface area contributed by atoms with Gasteiger partial charge in [-0.1, -0.05) is 11.6 Å². The third kappa shape index (κ3) is 5.42. The summed E-state index contributed by atoms with van der Waals surface area (Å²) in [6.07, 6.45) is 3.01. The van der Waals surface area contributed by atoms with Crippen LogP contribution < -0.4 is 15.4 Å². The van der Waals surface area contributed by atoms with Gasteiger partial charge in [-0.3, -0.25) is 14.3 Å². The third-order valence-electron chi connectivity index (χ3n) is 4.44. The monoisotopic (exact) mass is 472 g/mol. The lowest BCUT2D eigenvalue weighted by Crippen LogP contribution is -2.25. The Morgan fingerprint density at radius 2 is 2.03 bits per heavy atom. The van der Waals surface area contributed by atoms with Crippen molar-refractivity contribution < 1.29 is 27.6 Å². The first-order valence-electron chi connectivity index (χ1n) is 9.71. The van der Waals surface area contributed by atoms with Crippen LogP contribution in [0.15, 0.2) is 63.8 Å². The molecule has 0 saturated carbocycles. The Morgan fingerprint density at radius 1 is 1.18 bits per heavy atom. The van der Waals surface area contributed by atoms with Crippen LogP contribution in [0.4, 0.5) is 10.1 Å². The van der Waals surface area contributed by atoms with Crippen LogP contribution in [0.3, 0.4) is 0 Å². The highest BCUT2D eigenvalue weighted by molar-refractivity contribution is 6.32. The van der Waals surface area contributed by atoms with Gasteiger partial charge in [0.2, 0.25) is 0 Å². The van der Waals surface area contributed by atoms with Crippen molar-refractivity contribution in [1.82, 2.24) is 15.1 Å². The predicted molar refractivity (Wildman–Crippen MR) is 115 cm³/mol. The molecule has 4 rings (SSSR count). The number of rotatable bonds is 8. The number of anilines is 1. The molecule has 3 aromatic heterocycles. The summed E-state index contributed by atoms with van der Waals surface area (Å²) in [5.41, 5.74) is 0.255. The van der Waals surface area contributed by atoms with Gasteiger partial charge in [0.05, 0.1) is 23.5 Å². The van der Waals surface area contributed by atoms with E-state index in [1.54, 1.807) is 25.2 Å². The summed E-state index contributed by atoms with van der Waals surface area (Å²) in [5, 5.41) is 9.53. The lowest BCUT2D eigenvalue weighted by molar-refractivity contribution is 0.0943. The second-order valence-electron chi connectivity index (χ2n) is 6.91. The van der Waals surface area contributed by atoms with Gasteiger partial charge in [0, 0.05) is 13.2 Å². The molecule has 170 valence electrons. The highest BCUT2D eigenvalue weighted by atomic mass is 35.5. The van der Waals surface area contributed by atoms with E-state index in [1.165, 1.54) is 35.3 Å². The van der Waals surface area contributed by atoms with E-state index >= 15 is 0 Å². The van der Waals surface area contributed by atoms with Crippen LogP contribution in [0.2, 0.25) is 5.02 Å². The average Bonchev–Trinajstić information content (AvgIpc) is 3.53. The molecule has 33 heavy (non-hydrogen) atoms. The van der Waals surface area contributed by atoms with Crippen LogP contribution in [0.25, 0.3) is 0 Å². The molecular weight excluding hydrogens is 455 g/mol. The maximum Gasteiger partial charge on any atom is 0.291 e. The lowest BCUT2D eigenvalue weighted by Gasteiger charge is -2.06. The van der Waals surface area contributed by atoms with Crippen molar-refractivity contribution in [3.8, 4) is 5.75 Å². The van der Waals surface area contributed by atoms with Crippen LogP contribution in [-0.4, -0.2) is 21.6 Å². The number of hydrogen-bond donors (Lipinski definition) is 2. The number of amides is 2. The van der Waals surface area contributed by atoms with Gasteiger partial charge in [-0.05, 0) is 42.5 Å². The van der Waals surface area contributed by atoms with Crippen LogP contribution in [0, 0.1) is 5.82 Å². The van der Waals surface area contributed by atoms with E-state index in [1.807, 2.05) is 0 Å². The zero-order valence-electron chi connectivity index (χ0n) is 17.3. The summed E-state index contributed by atoms with van der Waals surface area (Å²) in [5.74, 6) is -0.319. The summed E-state index contributed by atoms with van der Waals surface area (Å²) in [6.45, 7) is 0.154. The molecule has 9 nitrogen and oxygen atoms in total.